The number of hydrogen-bond acceptors (Lipinski definition) is 6. The van der Waals surface area contributed by atoms with E-state index >= 15 is 0 Å². The van der Waals surface area contributed by atoms with Gasteiger partial charge in [0.05, 0.1) is 12.8 Å². The van der Waals surface area contributed by atoms with Crippen molar-refractivity contribution in [3.05, 3.63) is 70.2 Å². The van der Waals surface area contributed by atoms with E-state index in [1.54, 1.807) is 18.2 Å². The summed E-state index contributed by atoms with van der Waals surface area (Å²) in [4.78, 5) is 28.4. The Balaban J connectivity index is 1.79. The van der Waals surface area contributed by atoms with Crippen molar-refractivity contribution >= 4 is 29.3 Å². The van der Waals surface area contributed by atoms with Crippen LogP contribution in [0.25, 0.3) is 0 Å². The predicted molar refractivity (Wildman–Crippen MR) is 99.8 cm³/mol. The van der Waals surface area contributed by atoms with Gasteiger partial charge in [0.15, 0.2) is 0 Å². The first-order chi connectivity index (χ1) is 12.9. The molecule has 0 amide bonds. The summed E-state index contributed by atoms with van der Waals surface area (Å²) in [5.41, 5.74) is 0.194. The quantitative estimate of drug-likeness (QED) is 0.796. The molecule has 7 heteroatoms. The molecule has 27 heavy (non-hydrogen) atoms. The van der Waals surface area contributed by atoms with Gasteiger partial charge >= 0.3 is 11.9 Å². The molecule has 1 unspecified atom stereocenters. The molecule has 2 aromatic carbocycles. The minimum absolute atomic E-state index is 0.0204. The van der Waals surface area contributed by atoms with Gasteiger partial charge in [0, 0.05) is 17.0 Å². The number of carbonyl (C=O) groups is 2. The first kappa shape index (κ1) is 19.1. The van der Waals surface area contributed by atoms with Crippen LogP contribution in [0.3, 0.4) is 0 Å². The molecule has 0 spiro atoms. The Morgan fingerprint density at radius 1 is 1.22 bits per heavy atom. The van der Waals surface area contributed by atoms with Crippen molar-refractivity contribution in [3.8, 4) is 0 Å². The summed E-state index contributed by atoms with van der Waals surface area (Å²) < 4.78 is 9.91. The predicted octanol–water partition coefficient (Wildman–Crippen LogP) is 2.33. The summed E-state index contributed by atoms with van der Waals surface area (Å²) >= 11 is 5.99. The zero-order chi connectivity index (χ0) is 19.4. The highest BCUT2D eigenvalue weighted by molar-refractivity contribution is 6.31. The SMILES string of the molecule is COC(=O)C1(O)Cc2cc(Cl)ccc2C1=NCC(=O)OCc1ccccc1. The molecule has 1 N–H and O–H groups in total. The Kier molecular flexibility index (Phi) is 5.58. The number of nitrogens with zero attached hydrogens (tertiary/aromatic N) is 1. The molecule has 1 atom stereocenters. The van der Waals surface area contributed by atoms with Crippen LogP contribution >= 0.6 is 11.6 Å². The largest absolute Gasteiger partial charge is 0.467 e. The molecular formula is C20H18ClNO5. The summed E-state index contributed by atoms with van der Waals surface area (Å²) in [6.07, 6.45) is -0.0204. The van der Waals surface area contributed by atoms with Gasteiger partial charge in [-0.05, 0) is 23.3 Å². The summed E-state index contributed by atoms with van der Waals surface area (Å²) in [7, 11) is 1.18. The van der Waals surface area contributed by atoms with Gasteiger partial charge in [-0.1, -0.05) is 48.0 Å². The van der Waals surface area contributed by atoms with Gasteiger partial charge in [-0.3, -0.25) is 9.79 Å². The molecule has 2 aromatic rings. The van der Waals surface area contributed by atoms with E-state index in [9.17, 15) is 14.7 Å². The fourth-order valence-corrected chi connectivity index (χ4v) is 3.20. The van der Waals surface area contributed by atoms with Crippen LogP contribution in [0.1, 0.15) is 16.7 Å². The van der Waals surface area contributed by atoms with Crippen LogP contribution in [0.15, 0.2) is 53.5 Å². The maximum atomic E-state index is 12.2. The van der Waals surface area contributed by atoms with Crippen molar-refractivity contribution < 1.29 is 24.2 Å². The maximum Gasteiger partial charge on any atom is 0.344 e. The number of halogens is 1. The van der Waals surface area contributed by atoms with Crippen LogP contribution in [0.2, 0.25) is 5.02 Å². The van der Waals surface area contributed by atoms with Gasteiger partial charge in [0.1, 0.15) is 13.2 Å². The van der Waals surface area contributed by atoms with E-state index in [1.165, 1.54) is 7.11 Å². The molecule has 0 radical (unpaired) electrons. The average Bonchev–Trinajstić information content (AvgIpc) is 2.96. The fraction of sp³-hybridized carbons (Fsp3) is 0.250. The van der Waals surface area contributed by atoms with Crippen LogP contribution in [0.4, 0.5) is 0 Å². The Morgan fingerprint density at radius 2 is 1.96 bits per heavy atom. The van der Waals surface area contributed by atoms with Gasteiger partial charge in [-0.25, -0.2) is 4.79 Å². The number of aliphatic imine (C=N–C) groups is 1. The van der Waals surface area contributed by atoms with Gasteiger partial charge in [-0.2, -0.15) is 0 Å². The van der Waals surface area contributed by atoms with Crippen LogP contribution in [0, 0.1) is 0 Å². The maximum absolute atomic E-state index is 12.2. The normalized spacial score (nSPS) is 19.6. The lowest BCUT2D eigenvalue weighted by Crippen LogP contribution is -2.46. The third kappa shape index (κ3) is 4.02. The van der Waals surface area contributed by atoms with Crippen LogP contribution in [-0.4, -0.2) is 42.0 Å². The van der Waals surface area contributed by atoms with E-state index in [0.29, 0.717) is 16.1 Å². The number of ether oxygens (including phenoxy) is 2. The van der Waals surface area contributed by atoms with Crippen molar-refractivity contribution in [3.63, 3.8) is 0 Å². The second kappa shape index (κ2) is 7.90. The Bertz CT molecular complexity index is 897. The second-order valence-corrected chi connectivity index (χ2v) is 6.58. The highest BCUT2D eigenvalue weighted by atomic mass is 35.5. The third-order valence-electron chi connectivity index (χ3n) is 4.29. The number of benzene rings is 2. The summed E-state index contributed by atoms with van der Waals surface area (Å²) in [5, 5.41) is 11.3. The molecule has 0 saturated heterocycles. The molecule has 0 heterocycles. The topological polar surface area (TPSA) is 85.2 Å². The minimum atomic E-state index is -1.96. The average molecular weight is 388 g/mol. The van der Waals surface area contributed by atoms with E-state index < -0.39 is 17.5 Å². The lowest BCUT2D eigenvalue weighted by atomic mass is 9.98. The second-order valence-electron chi connectivity index (χ2n) is 6.14. The molecule has 1 aliphatic carbocycles. The highest BCUT2D eigenvalue weighted by Gasteiger charge is 2.49. The number of hydrogen-bond donors (Lipinski definition) is 1. The molecule has 0 bridgehead atoms. The van der Waals surface area contributed by atoms with Crippen molar-refractivity contribution in [2.24, 2.45) is 4.99 Å². The number of aliphatic hydroxyl groups is 1. The summed E-state index contributed by atoms with van der Waals surface area (Å²) in [6, 6.07) is 14.2. The van der Waals surface area contributed by atoms with E-state index in [2.05, 4.69) is 4.99 Å². The van der Waals surface area contributed by atoms with Crippen molar-refractivity contribution in [1.82, 2.24) is 0 Å². The van der Waals surface area contributed by atoms with Crippen molar-refractivity contribution in [2.75, 3.05) is 13.7 Å². The van der Waals surface area contributed by atoms with Gasteiger partial charge < -0.3 is 14.6 Å². The monoisotopic (exact) mass is 387 g/mol. The van der Waals surface area contributed by atoms with E-state index in [0.717, 1.165) is 5.56 Å². The van der Waals surface area contributed by atoms with E-state index in [1.807, 2.05) is 30.3 Å². The number of esters is 2. The number of carbonyl (C=O) groups excluding carboxylic acids is 2. The Hall–Kier alpha value is -2.70. The Labute approximate surface area is 161 Å². The lowest BCUT2D eigenvalue weighted by molar-refractivity contribution is -0.155. The molecule has 3 rings (SSSR count). The van der Waals surface area contributed by atoms with Crippen molar-refractivity contribution in [1.29, 1.82) is 0 Å². The molecule has 0 saturated carbocycles. The third-order valence-corrected chi connectivity index (χ3v) is 4.53. The van der Waals surface area contributed by atoms with Crippen LogP contribution < -0.4 is 0 Å². The van der Waals surface area contributed by atoms with Crippen molar-refractivity contribution in [2.45, 2.75) is 18.6 Å². The van der Waals surface area contributed by atoms with Crippen LogP contribution in [0.5, 0.6) is 0 Å². The number of fused-ring (bicyclic) bond motifs is 1. The van der Waals surface area contributed by atoms with Gasteiger partial charge in [-0.15, -0.1) is 0 Å². The molecule has 0 aromatic heterocycles. The minimum Gasteiger partial charge on any atom is -0.467 e. The zero-order valence-corrected chi connectivity index (χ0v) is 15.4. The van der Waals surface area contributed by atoms with Gasteiger partial charge in [0.2, 0.25) is 5.60 Å². The standard InChI is InChI=1S/C20H18ClNO5/c1-26-19(24)20(25)10-14-9-15(21)7-8-16(14)18(20)22-11-17(23)27-12-13-5-3-2-4-6-13/h2-9,25H,10-12H2,1H3. The fourth-order valence-electron chi connectivity index (χ4n) is 3.00. The molecule has 0 aliphatic heterocycles. The van der Waals surface area contributed by atoms with E-state index in [4.69, 9.17) is 21.1 Å². The number of rotatable bonds is 5. The summed E-state index contributed by atoms with van der Waals surface area (Å²) in [6.45, 7) is -0.207. The van der Waals surface area contributed by atoms with E-state index in [-0.39, 0.29) is 25.3 Å². The molecule has 0 fully saturated rings. The Morgan fingerprint density at radius 3 is 2.67 bits per heavy atom. The first-order valence-corrected chi connectivity index (χ1v) is 8.66. The van der Waals surface area contributed by atoms with Crippen LogP contribution in [-0.2, 0) is 32.1 Å². The summed E-state index contributed by atoms with van der Waals surface area (Å²) in [5.74, 6) is -1.41. The number of methoxy groups -OCH3 is 1. The molecule has 6 nitrogen and oxygen atoms in total. The molecule has 1 aliphatic rings. The van der Waals surface area contributed by atoms with Gasteiger partial charge in [0.25, 0.3) is 0 Å². The molecular weight excluding hydrogens is 370 g/mol. The smallest absolute Gasteiger partial charge is 0.344 e. The zero-order valence-electron chi connectivity index (χ0n) is 14.6. The highest BCUT2D eigenvalue weighted by Crippen LogP contribution is 2.33. The first-order valence-electron chi connectivity index (χ1n) is 8.28. The lowest BCUT2D eigenvalue weighted by Gasteiger charge is -2.20. The molecule has 140 valence electrons.